The average Bonchev–Trinajstić information content (AvgIpc) is 2.51. The highest BCUT2D eigenvalue weighted by Crippen LogP contribution is 2.25. The summed E-state index contributed by atoms with van der Waals surface area (Å²) in [4.78, 5) is 25.8. The molecule has 0 aromatic heterocycles. The predicted molar refractivity (Wildman–Crippen MR) is 65.4 cm³/mol. The second-order valence-electron chi connectivity index (χ2n) is 5.75. The van der Waals surface area contributed by atoms with Crippen LogP contribution in [0, 0.1) is 0 Å². The fraction of sp³-hybridized carbons (Fsp3) is 0.846. The fourth-order valence-corrected chi connectivity index (χ4v) is 2.89. The van der Waals surface area contributed by atoms with Crippen molar-refractivity contribution in [2.45, 2.75) is 64.0 Å². The second kappa shape index (κ2) is 4.67. The molecular weight excluding hydrogens is 216 g/mol. The van der Waals surface area contributed by atoms with Crippen LogP contribution in [0.2, 0.25) is 0 Å². The van der Waals surface area contributed by atoms with Crippen molar-refractivity contribution in [3.63, 3.8) is 0 Å². The lowest BCUT2D eigenvalue weighted by atomic mass is 9.96. The van der Waals surface area contributed by atoms with E-state index in [2.05, 4.69) is 5.32 Å². The minimum Gasteiger partial charge on any atom is -0.341 e. The average molecular weight is 238 g/mol. The van der Waals surface area contributed by atoms with Crippen LogP contribution in [0.5, 0.6) is 0 Å². The first kappa shape index (κ1) is 12.4. The lowest BCUT2D eigenvalue weighted by molar-refractivity contribution is -0.151. The molecule has 1 N–H and O–H groups in total. The second-order valence-corrected chi connectivity index (χ2v) is 5.75. The summed E-state index contributed by atoms with van der Waals surface area (Å²) in [5.74, 6) is 0.0443. The Morgan fingerprint density at radius 1 is 1.12 bits per heavy atom. The van der Waals surface area contributed by atoms with Gasteiger partial charge in [-0.25, -0.2) is 0 Å². The number of nitrogens with zero attached hydrogens (tertiary/aromatic N) is 1. The lowest BCUT2D eigenvalue weighted by Gasteiger charge is -2.41. The van der Waals surface area contributed by atoms with Crippen LogP contribution in [-0.2, 0) is 9.59 Å². The van der Waals surface area contributed by atoms with E-state index in [1.807, 2.05) is 4.90 Å². The van der Waals surface area contributed by atoms with Gasteiger partial charge in [-0.2, -0.15) is 0 Å². The molecule has 0 radical (unpaired) electrons. The Hall–Kier alpha value is -1.06. The third kappa shape index (κ3) is 2.61. The molecule has 0 aromatic carbocycles. The molecule has 4 nitrogen and oxygen atoms in total. The molecule has 4 heteroatoms. The van der Waals surface area contributed by atoms with E-state index in [9.17, 15) is 9.59 Å². The topological polar surface area (TPSA) is 49.4 Å². The Balaban J connectivity index is 2.12. The summed E-state index contributed by atoms with van der Waals surface area (Å²) in [6.45, 7) is 3.82. The van der Waals surface area contributed by atoms with Crippen molar-refractivity contribution < 1.29 is 9.59 Å². The van der Waals surface area contributed by atoms with Crippen molar-refractivity contribution in [1.29, 1.82) is 0 Å². The van der Waals surface area contributed by atoms with Crippen LogP contribution in [0.4, 0.5) is 0 Å². The molecule has 96 valence electrons. The first-order valence-corrected chi connectivity index (χ1v) is 6.63. The number of piperazine rings is 1. The lowest BCUT2D eigenvalue weighted by Crippen LogP contribution is -2.65. The molecule has 0 aromatic rings. The molecule has 2 fully saturated rings. The molecule has 2 aliphatic rings. The van der Waals surface area contributed by atoms with Gasteiger partial charge in [0.1, 0.15) is 5.54 Å². The van der Waals surface area contributed by atoms with Gasteiger partial charge in [-0.15, -0.1) is 0 Å². The van der Waals surface area contributed by atoms with Crippen molar-refractivity contribution >= 4 is 11.8 Å². The number of nitrogens with one attached hydrogen (secondary N) is 1. The number of amides is 2. The monoisotopic (exact) mass is 238 g/mol. The Kier molecular flexibility index (Phi) is 3.40. The number of carbonyl (C=O) groups is 2. The van der Waals surface area contributed by atoms with Gasteiger partial charge in [0.2, 0.25) is 11.8 Å². The van der Waals surface area contributed by atoms with E-state index in [4.69, 9.17) is 0 Å². The molecule has 1 heterocycles. The zero-order valence-corrected chi connectivity index (χ0v) is 10.8. The van der Waals surface area contributed by atoms with E-state index in [0.29, 0.717) is 0 Å². The SMILES string of the molecule is CC1(C)NC(=O)CN(C2CCCCCC2)C1=O. The van der Waals surface area contributed by atoms with Gasteiger partial charge in [0.25, 0.3) is 0 Å². The summed E-state index contributed by atoms with van der Waals surface area (Å²) in [5.41, 5.74) is -0.734. The third-order valence-electron chi connectivity index (χ3n) is 3.83. The van der Waals surface area contributed by atoms with Crippen molar-refractivity contribution in [3.8, 4) is 0 Å². The quantitative estimate of drug-likeness (QED) is 0.703. The van der Waals surface area contributed by atoms with Gasteiger partial charge in [0.05, 0.1) is 6.54 Å². The maximum absolute atomic E-state index is 12.3. The van der Waals surface area contributed by atoms with E-state index in [1.54, 1.807) is 13.8 Å². The van der Waals surface area contributed by atoms with E-state index in [1.165, 1.54) is 25.7 Å². The summed E-state index contributed by atoms with van der Waals surface area (Å²) >= 11 is 0. The van der Waals surface area contributed by atoms with Crippen LogP contribution in [0.3, 0.4) is 0 Å². The van der Waals surface area contributed by atoms with E-state index < -0.39 is 5.54 Å². The minimum atomic E-state index is -0.734. The van der Waals surface area contributed by atoms with Crippen LogP contribution in [-0.4, -0.2) is 34.8 Å². The molecule has 0 bridgehead atoms. The standard InChI is InChI=1S/C13H22N2O2/c1-13(2)12(17)15(9-11(16)14-13)10-7-5-3-4-6-8-10/h10H,3-9H2,1-2H3,(H,14,16). The molecule has 0 unspecified atom stereocenters. The Bertz CT molecular complexity index is 317. The molecular formula is C13H22N2O2. The maximum atomic E-state index is 12.3. The molecule has 1 aliphatic carbocycles. The fourth-order valence-electron chi connectivity index (χ4n) is 2.89. The normalized spacial score (nSPS) is 26.6. The van der Waals surface area contributed by atoms with Gasteiger partial charge < -0.3 is 10.2 Å². The van der Waals surface area contributed by atoms with Crippen LogP contribution >= 0.6 is 0 Å². The summed E-state index contributed by atoms with van der Waals surface area (Å²) in [7, 11) is 0. The molecule has 1 saturated heterocycles. The molecule has 1 saturated carbocycles. The smallest absolute Gasteiger partial charge is 0.248 e. The molecule has 2 amide bonds. The van der Waals surface area contributed by atoms with Crippen molar-refractivity contribution in [2.75, 3.05) is 6.54 Å². The number of carbonyl (C=O) groups excluding carboxylic acids is 2. The van der Waals surface area contributed by atoms with Gasteiger partial charge in [0.15, 0.2) is 0 Å². The summed E-state index contributed by atoms with van der Waals surface area (Å²) in [5, 5.41) is 2.76. The third-order valence-corrected chi connectivity index (χ3v) is 3.83. The van der Waals surface area contributed by atoms with E-state index in [-0.39, 0.29) is 24.4 Å². The Morgan fingerprint density at radius 2 is 1.71 bits per heavy atom. The Morgan fingerprint density at radius 3 is 2.29 bits per heavy atom. The van der Waals surface area contributed by atoms with E-state index in [0.717, 1.165) is 12.8 Å². The Labute approximate surface area is 103 Å². The van der Waals surface area contributed by atoms with Crippen molar-refractivity contribution in [1.82, 2.24) is 10.2 Å². The van der Waals surface area contributed by atoms with Crippen LogP contribution in [0.1, 0.15) is 52.4 Å². The van der Waals surface area contributed by atoms with Gasteiger partial charge in [-0.1, -0.05) is 25.7 Å². The minimum absolute atomic E-state index is 0.0288. The number of rotatable bonds is 1. The molecule has 17 heavy (non-hydrogen) atoms. The molecule has 0 atom stereocenters. The predicted octanol–water partition coefficient (Wildman–Crippen LogP) is 1.45. The van der Waals surface area contributed by atoms with E-state index >= 15 is 0 Å². The highest BCUT2D eigenvalue weighted by molar-refractivity contribution is 5.97. The molecule has 2 rings (SSSR count). The van der Waals surface area contributed by atoms with Crippen molar-refractivity contribution in [2.24, 2.45) is 0 Å². The first-order valence-electron chi connectivity index (χ1n) is 6.63. The van der Waals surface area contributed by atoms with Gasteiger partial charge in [0, 0.05) is 6.04 Å². The highest BCUT2D eigenvalue weighted by atomic mass is 16.2. The van der Waals surface area contributed by atoms with Gasteiger partial charge >= 0.3 is 0 Å². The van der Waals surface area contributed by atoms with Crippen LogP contribution in [0.15, 0.2) is 0 Å². The first-order chi connectivity index (χ1) is 8.00. The number of hydrogen-bond donors (Lipinski definition) is 1. The summed E-state index contributed by atoms with van der Waals surface area (Å²) in [6, 6.07) is 0.273. The largest absolute Gasteiger partial charge is 0.341 e. The highest BCUT2D eigenvalue weighted by Gasteiger charge is 2.41. The van der Waals surface area contributed by atoms with Crippen LogP contribution < -0.4 is 5.32 Å². The molecule has 0 spiro atoms. The zero-order chi connectivity index (χ0) is 12.5. The maximum Gasteiger partial charge on any atom is 0.248 e. The molecule has 1 aliphatic heterocycles. The van der Waals surface area contributed by atoms with Crippen LogP contribution in [0.25, 0.3) is 0 Å². The van der Waals surface area contributed by atoms with Crippen molar-refractivity contribution in [3.05, 3.63) is 0 Å². The van der Waals surface area contributed by atoms with Gasteiger partial charge in [-0.3, -0.25) is 9.59 Å². The number of hydrogen-bond acceptors (Lipinski definition) is 2. The summed E-state index contributed by atoms with van der Waals surface area (Å²) in [6.07, 6.45) is 6.97. The summed E-state index contributed by atoms with van der Waals surface area (Å²) < 4.78 is 0. The zero-order valence-electron chi connectivity index (χ0n) is 10.8. The van der Waals surface area contributed by atoms with Gasteiger partial charge in [-0.05, 0) is 26.7 Å².